The van der Waals surface area contributed by atoms with Gasteiger partial charge < -0.3 is 10.2 Å². The Morgan fingerprint density at radius 3 is 2.74 bits per heavy atom. The van der Waals surface area contributed by atoms with E-state index in [0.29, 0.717) is 37.0 Å². The maximum atomic E-state index is 13.3. The van der Waals surface area contributed by atoms with Gasteiger partial charge in [0.15, 0.2) is 0 Å². The van der Waals surface area contributed by atoms with Crippen molar-refractivity contribution >= 4 is 38.7 Å². The van der Waals surface area contributed by atoms with Crippen LogP contribution in [-0.4, -0.2) is 71.5 Å². The van der Waals surface area contributed by atoms with Gasteiger partial charge in [0.2, 0.25) is 15.9 Å². The highest BCUT2D eigenvalue weighted by Gasteiger charge is 2.34. The van der Waals surface area contributed by atoms with Crippen LogP contribution >= 0.6 is 11.7 Å². The van der Waals surface area contributed by atoms with Crippen LogP contribution in [0.15, 0.2) is 23.1 Å². The van der Waals surface area contributed by atoms with Crippen molar-refractivity contribution in [1.82, 2.24) is 23.3 Å². The van der Waals surface area contributed by atoms with E-state index in [1.165, 1.54) is 4.31 Å². The Labute approximate surface area is 189 Å². The minimum atomic E-state index is -3.72. The third-order valence-electron chi connectivity index (χ3n) is 5.65. The fraction of sp³-hybridized carbons (Fsp3) is 0.667. The summed E-state index contributed by atoms with van der Waals surface area (Å²) in [7, 11) is -3.72. The number of piperidine rings is 1. The summed E-state index contributed by atoms with van der Waals surface area (Å²) in [6.45, 7) is 8.74. The van der Waals surface area contributed by atoms with Gasteiger partial charge in [0, 0.05) is 19.6 Å². The number of hydrogen-bond donors (Lipinski definition) is 1. The van der Waals surface area contributed by atoms with Crippen LogP contribution < -0.4 is 5.32 Å². The molecule has 0 spiro atoms. The Hall–Kier alpha value is -1.62. The minimum absolute atomic E-state index is 0.0500. The maximum Gasteiger partial charge on any atom is 0.245 e. The first kappa shape index (κ1) is 24.0. The second-order valence-electron chi connectivity index (χ2n) is 8.08. The lowest BCUT2D eigenvalue weighted by Gasteiger charge is -2.31. The fourth-order valence-corrected chi connectivity index (χ4v) is 6.41. The second-order valence-corrected chi connectivity index (χ2v) is 10.5. The molecule has 1 aromatic carbocycles. The van der Waals surface area contributed by atoms with Crippen molar-refractivity contribution < 1.29 is 13.2 Å². The molecular formula is C21H33N5O3S2. The minimum Gasteiger partial charge on any atom is -0.356 e. The largest absolute Gasteiger partial charge is 0.356 e. The van der Waals surface area contributed by atoms with Crippen LogP contribution in [-0.2, 0) is 14.8 Å². The molecule has 2 aromatic rings. The highest BCUT2D eigenvalue weighted by atomic mass is 32.2. The molecule has 1 aliphatic heterocycles. The molecule has 3 rings (SSSR count). The van der Waals surface area contributed by atoms with Gasteiger partial charge in [0.25, 0.3) is 0 Å². The molecule has 0 unspecified atom stereocenters. The highest BCUT2D eigenvalue weighted by molar-refractivity contribution is 7.89. The summed E-state index contributed by atoms with van der Waals surface area (Å²) in [6, 6.07) is 5.01. The van der Waals surface area contributed by atoms with Crippen molar-refractivity contribution in [1.29, 1.82) is 0 Å². The predicted octanol–water partition coefficient (Wildman–Crippen LogP) is 2.72. The first-order valence-electron chi connectivity index (χ1n) is 11.2. The number of aromatic nitrogens is 2. The lowest BCUT2D eigenvalue weighted by atomic mass is 9.99. The Kier molecular flexibility index (Phi) is 8.76. The van der Waals surface area contributed by atoms with Crippen LogP contribution in [0.5, 0.6) is 0 Å². The molecule has 1 aliphatic rings. The monoisotopic (exact) mass is 467 g/mol. The summed E-state index contributed by atoms with van der Waals surface area (Å²) >= 11 is 1.00. The molecule has 1 fully saturated rings. The van der Waals surface area contributed by atoms with Gasteiger partial charge in [-0.15, -0.1) is 0 Å². The molecule has 1 atom stereocenters. The molecule has 1 saturated heterocycles. The molecule has 1 amide bonds. The van der Waals surface area contributed by atoms with Gasteiger partial charge in [0.1, 0.15) is 15.9 Å². The quantitative estimate of drug-likeness (QED) is 0.511. The average Bonchev–Trinajstić information content (AvgIpc) is 3.25. The van der Waals surface area contributed by atoms with E-state index < -0.39 is 10.0 Å². The van der Waals surface area contributed by atoms with Crippen molar-refractivity contribution in [3.05, 3.63) is 18.2 Å². The van der Waals surface area contributed by atoms with E-state index in [0.717, 1.165) is 50.6 Å². The van der Waals surface area contributed by atoms with Gasteiger partial charge in [-0.1, -0.05) is 19.9 Å². The number of sulfonamides is 1. The molecule has 0 aliphatic carbocycles. The van der Waals surface area contributed by atoms with Crippen LogP contribution in [0.3, 0.4) is 0 Å². The Morgan fingerprint density at radius 2 is 2.00 bits per heavy atom. The molecule has 10 heteroatoms. The zero-order chi connectivity index (χ0) is 22.3. The first-order valence-corrected chi connectivity index (χ1v) is 13.4. The smallest absolute Gasteiger partial charge is 0.245 e. The standard InChI is InChI=1S/C21H33N5O3S2/c1-3-12-25(13-4-2)14-7-11-22-21(27)17-8-6-15-26(16-17)31(28,29)19-10-5-9-18-20(19)24-30-23-18/h5,9-10,17H,3-4,6-8,11-16H2,1-2H3,(H,22,27)/t17-/m0/s1. The fourth-order valence-electron chi connectivity index (χ4n) is 4.13. The van der Waals surface area contributed by atoms with Crippen molar-refractivity contribution in [3.63, 3.8) is 0 Å². The number of amides is 1. The topological polar surface area (TPSA) is 95.5 Å². The summed E-state index contributed by atoms with van der Waals surface area (Å²) in [6.07, 6.45) is 4.54. The van der Waals surface area contributed by atoms with Gasteiger partial charge in [-0.05, 0) is 63.9 Å². The molecule has 1 aromatic heterocycles. The molecule has 172 valence electrons. The van der Waals surface area contributed by atoms with Gasteiger partial charge in [-0.2, -0.15) is 13.1 Å². The van der Waals surface area contributed by atoms with Gasteiger partial charge in [-0.25, -0.2) is 8.42 Å². The Morgan fingerprint density at radius 1 is 1.23 bits per heavy atom. The number of hydrogen-bond acceptors (Lipinski definition) is 7. The summed E-state index contributed by atoms with van der Waals surface area (Å²) < 4.78 is 36.2. The van der Waals surface area contributed by atoms with Crippen LogP contribution in [0, 0.1) is 5.92 Å². The zero-order valence-corrected chi connectivity index (χ0v) is 20.1. The Balaban J connectivity index is 1.56. The van der Waals surface area contributed by atoms with Crippen LogP contribution in [0.1, 0.15) is 46.0 Å². The van der Waals surface area contributed by atoms with Gasteiger partial charge in [0.05, 0.1) is 17.6 Å². The molecule has 0 saturated carbocycles. The summed E-state index contributed by atoms with van der Waals surface area (Å²) in [4.78, 5) is 15.3. The van der Waals surface area contributed by atoms with Gasteiger partial charge >= 0.3 is 0 Å². The van der Waals surface area contributed by atoms with Crippen molar-refractivity contribution in [3.8, 4) is 0 Å². The van der Waals surface area contributed by atoms with E-state index in [4.69, 9.17) is 0 Å². The van der Waals surface area contributed by atoms with E-state index in [1.807, 2.05) is 0 Å². The van der Waals surface area contributed by atoms with E-state index in [1.54, 1.807) is 18.2 Å². The molecule has 2 heterocycles. The van der Waals surface area contributed by atoms with E-state index >= 15 is 0 Å². The maximum absolute atomic E-state index is 13.3. The number of carbonyl (C=O) groups excluding carboxylic acids is 1. The first-order chi connectivity index (χ1) is 15.0. The third-order valence-corrected chi connectivity index (χ3v) is 8.09. The highest BCUT2D eigenvalue weighted by Crippen LogP contribution is 2.28. The molecule has 0 bridgehead atoms. The van der Waals surface area contributed by atoms with Crippen molar-refractivity contribution in [2.24, 2.45) is 5.92 Å². The van der Waals surface area contributed by atoms with Crippen LogP contribution in [0.25, 0.3) is 11.0 Å². The van der Waals surface area contributed by atoms with Crippen molar-refractivity contribution in [2.45, 2.75) is 50.8 Å². The summed E-state index contributed by atoms with van der Waals surface area (Å²) in [5, 5.41) is 3.02. The number of benzene rings is 1. The normalized spacial score (nSPS) is 18.0. The summed E-state index contributed by atoms with van der Waals surface area (Å²) in [5.74, 6) is -0.371. The third kappa shape index (κ3) is 6.00. The number of nitrogens with zero attached hydrogens (tertiary/aromatic N) is 4. The molecule has 31 heavy (non-hydrogen) atoms. The second kappa shape index (κ2) is 11.3. The Bertz CT molecular complexity index is 957. The number of fused-ring (bicyclic) bond motifs is 1. The summed E-state index contributed by atoms with van der Waals surface area (Å²) in [5.41, 5.74) is 0.986. The van der Waals surface area contributed by atoms with Crippen LogP contribution in [0.4, 0.5) is 0 Å². The SMILES string of the molecule is CCCN(CCC)CCCNC(=O)[C@H]1CCCN(S(=O)(=O)c2cccc3nsnc23)C1. The molecular weight excluding hydrogens is 434 g/mol. The lowest BCUT2D eigenvalue weighted by molar-refractivity contribution is -0.126. The average molecular weight is 468 g/mol. The molecule has 1 N–H and O–H groups in total. The number of rotatable bonds is 11. The predicted molar refractivity (Wildman–Crippen MR) is 124 cm³/mol. The van der Waals surface area contributed by atoms with Crippen LogP contribution in [0.2, 0.25) is 0 Å². The number of carbonyl (C=O) groups is 1. The van der Waals surface area contributed by atoms with Gasteiger partial charge in [-0.3, -0.25) is 4.79 Å². The zero-order valence-electron chi connectivity index (χ0n) is 18.4. The lowest BCUT2D eigenvalue weighted by Crippen LogP contribution is -2.45. The molecule has 8 nitrogen and oxygen atoms in total. The van der Waals surface area contributed by atoms with E-state index in [2.05, 4.69) is 32.8 Å². The molecule has 0 radical (unpaired) electrons. The van der Waals surface area contributed by atoms with Crippen molar-refractivity contribution in [2.75, 3.05) is 39.3 Å². The van der Waals surface area contributed by atoms with E-state index in [9.17, 15) is 13.2 Å². The number of nitrogens with one attached hydrogen (secondary N) is 1. The van der Waals surface area contributed by atoms with E-state index in [-0.39, 0.29) is 23.3 Å².